The summed E-state index contributed by atoms with van der Waals surface area (Å²) in [5, 5.41) is 10.7. The van der Waals surface area contributed by atoms with Gasteiger partial charge < -0.3 is 9.84 Å². The van der Waals surface area contributed by atoms with E-state index in [0.29, 0.717) is 16.7 Å². The maximum atomic E-state index is 12.4. The molecule has 0 aliphatic rings. The van der Waals surface area contributed by atoms with Crippen LogP contribution in [0.15, 0.2) is 47.8 Å². The van der Waals surface area contributed by atoms with E-state index in [0.717, 1.165) is 11.1 Å². The lowest BCUT2D eigenvalue weighted by molar-refractivity contribution is 0.0914. The fourth-order valence-electron chi connectivity index (χ4n) is 2.63. The van der Waals surface area contributed by atoms with E-state index in [1.807, 2.05) is 26.0 Å². The first-order valence-corrected chi connectivity index (χ1v) is 7.71. The lowest BCUT2D eigenvalue weighted by atomic mass is 10.1. The molecule has 2 aromatic heterocycles. The summed E-state index contributed by atoms with van der Waals surface area (Å²) in [7, 11) is 0. The maximum Gasteiger partial charge on any atom is 0.261 e. The molecule has 124 valence electrons. The molecule has 3 aromatic rings. The molecule has 24 heavy (non-hydrogen) atoms. The number of ether oxygens (including phenoxy) is 1. The SMILES string of the molecule is Cc1cc(C)cc(OC[C@H](O)Cn2cnc3cnccc3c2=O)c1. The summed E-state index contributed by atoms with van der Waals surface area (Å²) in [5.41, 5.74) is 2.54. The summed E-state index contributed by atoms with van der Waals surface area (Å²) in [6, 6.07) is 7.50. The third-order valence-electron chi connectivity index (χ3n) is 3.67. The predicted molar refractivity (Wildman–Crippen MR) is 91.2 cm³/mol. The van der Waals surface area contributed by atoms with Crippen LogP contribution in [0.5, 0.6) is 5.75 Å². The number of hydrogen-bond acceptors (Lipinski definition) is 5. The van der Waals surface area contributed by atoms with Crippen molar-refractivity contribution < 1.29 is 9.84 Å². The van der Waals surface area contributed by atoms with Crippen LogP contribution in [0.25, 0.3) is 10.9 Å². The summed E-state index contributed by atoms with van der Waals surface area (Å²) < 4.78 is 7.02. The van der Waals surface area contributed by atoms with E-state index >= 15 is 0 Å². The highest BCUT2D eigenvalue weighted by Gasteiger charge is 2.10. The Balaban J connectivity index is 1.70. The molecule has 0 saturated heterocycles. The number of hydrogen-bond donors (Lipinski definition) is 1. The van der Waals surface area contributed by atoms with Crippen molar-refractivity contribution in [1.82, 2.24) is 14.5 Å². The van der Waals surface area contributed by atoms with Gasteiger partial charge in [0.1, 0.15) is 18.5 Å². The van der Waals surface area contributed by atoms with Crippen LogP contribution in [0.1, 0.15) is 11.1 Å². The first kappa shape index (κ1) is 16.1. The second-order valence-electron chi connectivity index (χ2n) is 5.88. The third kappa shape index (κ3) is 3.60. The standard InChI is InChI=1S/C18H19N3O3/c1-12-5-13(2)7-15(6-12)24-10-14(22)9-21-11-20-17-8-19-4-3-16(17)18(21)23/h3-8,11,14,22H,9-10H2,1-2H3/t14-/m1/s1. The average Bonchev–Trinajstić information content (AvgIpc) is 2.55. The predicted octanol–water partition coefficient (Wildman–Crippen LogP) is 1.85. The highest BCUT2D eigenvalue weighted by molar-refractivity contribution is 5.75. The number of aryl methyl sites for hydroxylation is 2. The third-order valence-corrected chi connectivity index (χ3v) is 3.67. The maximum absolute atomic E-state index is 12.4. The Bertz CT molecular complexity index is 901. The van der Waals surface area contributed by atoms with Crippen LogP contribution in [0.3, 0.4) is 0 Å². The minimum atomic E-state index is -0.815. The second-order valence-corrected chi connectivity index (χ2v) is 5.88. The number of benzene rings is 1. The van der Waals surface area contributed by atoms with E-state index in [2.05, 4.69) is 16.0 Å². The van der Waals surface area contributed by atoms with E-state index in [4.69, 9.17) is 4.74 Å². The van der Waals surface area contributed by atoms with Gasteiger partial charge in [-0.25, -0.2) is 4.98 Å². The van der Waals surface area contributed by atoms with Gasteiger partial charge in [-0.3, -0.25) is 14.3 Å². The average molecular weight is 325 g/mol. The molecule has 6 heteroatoms. The molecule has 0 bridgehead atoms. The summed E-state index contributed by atoms with van der Waals surface area (Å²) in [5.74, 6) is 0.710. The molecule has 2 heterocycles. The molecule has 1 N–H and O–H groups in total. The number of fused-ring (bicyclic) bond motifs is 1. The van der Waals surface area contributed by atoms with Gasteiger partial charge in [0.2, 0.25) is 0 Å². The van der Waals surface area contributed by atoms with E-state index in [-0.39, 0.29) is 18.7 Å². The second kappa shape index (κ2) is 6.80. The lowest BCUT2D eigenvalue weighted by Gasteiger charge is -2.14. The molecule has 3 rings (SSSR count). The highest BCUT2D eigenvalue weighted by atomic mass is 16.5. The van der Waals surface area contributed by atoms with Crippen molar-refractivity contribution in [3.63, 3.8) is 0 Å². The van der Waals surface area contributed by atoms with Gasteiger partial charge in [-0.1, -0.05) is 6.07 Å². The molecule has 0 radical (unpaired) electrons. The summed E-state index contributed by atoms with van der Waals surface area (Å²) in [6.45, 7) is 4.20. The van der Waals surface area contributed by atoms with Crippen molar-refractivity contribution >= 4 is 10.9 Å². The van der Waals surface area contributed by atoms with Gasteiger partial charge in [0, 0.05) is 6.20 Å². The molecule has 0 fully saturated rings. The summed E-state index contributed by atoms with van der Waals surface area (Å²) in [4.78, 5) is 20.5. The van der Waals surface area contributed by atoms with Gasteiger partial charge in [0.25, 0.3) is 5.56 Å². The fraction of sp³-hybridized carbons (Fsp3) is 0.278. The smallest absolute Gasteiger partial charge is 0.261 e. The normalized spacial score (nSPS) is 12.3. The molecular weight excluding hydrogens is 306 g/mol. The van der Waals surface area contributed by atoms with Gasteiger partial charge in [-0.15, -0.1) is 0 Å². The molecule has 0 aliphatic heterocycles. The van der Waals surface area contributed by atoms with Crippen LogP contribution in [0.4, 0.5) is 0 Å². The number of aliphatic hydroxyl groups is 1. The molecule has 6 nitrogen and oxygen atoms in total. The number of aromatic nitrogens is 3. The largest absolute Gasteiger partial charge is 0.491 e. The van der Waals surface area contributed by atoms with Crippen molar-refractivity contribution in [1.29, 1.82) is 0 Å². The van der Waals surface area contributed by atoms with Crippen LogP contribution in [-0.4, -0.2) is 32.4 Å². The molecule has 0 aliphatic carbocycles. The Morgan fingerprint density at radius 2 is 2.00 bits per heavy atom. The monoisotopic (exact) mass is 325 g/mol. The molecule has 0 spiro atoms. The summed E-state index contributed by atoms with van der Waals surface area (Å²) in [6.07, 6.45) is 3.70. The van der Waals surface area contributed by atoms with Crippen LogP contribution >= 0.6 is 0 Å². The lowest BCUT2D eigenvalue weighted by Crippen LogP contribution is -2.30. The number of pyridine rings is 1. The van der Waals surface area contributed by atoms with Gasteiger partial charge in [-0.05, 0) is 43.2 Å². The zero-order chi connectivity index (χ0) is 17.1. The Hall–Kier alpha value is -2.73. The molecule has 0 saturated carbocycles. The molecular formula is C18H19N3O3. The zero-order valence-corrected chi connectivity index (χ0v) is 13.6. The van der Waals surface area contributed by atoms with E-state index in [9.17, 15) is 9.90 Å². The van der Waals surface area contributed by atoms with Crippen LogP contribution in [-0.2, 0) is 6.54 Å². The Labute approximate surface area is 139 Å². The number of rotatable bonds is 5. The van der Waals surface area contributed by atoms with Crippen molar-refractivity contribution in [2.75, 3.05) is 6.61 Å². The first-order valence-electron chi connectivity index (χ1n) is 7.71. The molecule has 1 aromatic carbocycles. The van der Waals surface area contributed by atoms with Crippen LogP contribution < -0.4 is 10.3 Å². The molecule has 1 atom stereocenters. The first-order chi connectivity index (χ1) is 11.5. The molecule has 0 amide bonds. The van der Waals surface area contributed by atoms with Gasteiger partial charge in [0.15, 0.2) is 0 Å². The minimum Gasteiger partial charge on any atom is -0.491 e. The van der Waals surface area contributed by atoms with E-state index in [1.54, 1.807) is 18.5 Å². The number of nitrogens with zero attached hydrogens (tertiary/aromatic N) is 3. The van der Waals surface area contributed by atoms with Crippen molar-refractivity contribution in [2.45, 2.75) is 26.5 Å². The number of aliphatic hydroxyl groups excluding tert-OH is 1. The van der Waals surface area contributed by atoms with E-state index in [1.165, 1.54) is 10.9 Å². The Morgan fingerprint density at radius 1 is 1.25 bits per heavy atom. The van der Waals surface area contributed by atoms with Crippen molar-refractivity contribution in [2.24, 2.45) is 0 Å². The van der Waals surface area contributed by atoms with Crippen LogP contribution in [0.2, 0.25) is 0 Å². The van der Waals surface area contributed by atoms with Gasteiger partial charge in [-0.2, -0.15) is 0 Å². The zero-order valence-electron chi connectivity index (χ0n) is 13.6. The van der Waals surface area contributed by atoms with Crippen LogP contribution in [0, 0.1) is 13.8 Å². The summed E-state index contributed by atoms with van der Waals surface area (Å²) >= 11 is 0. The van der Waals surface area contributed by atoms with Crippen molar-refractivity contribution in [3.05, 3.63) is 64.5 Å². The van der Waals surface area contributed by atoms with E-state index < -0.39 is 6.10 Å². The Kier molecular flexibility index (Phi) is 4.57. The topological polar surface area (TPSA) is 77.2 Å². The minimum absolute atomic E-state index is 0.101. The van der Waals surface area contributed by atoms with Gasteiger partial charge in [0.05, 0.1) is 30.0 Å². The fourth-order valence-corrected chi connectivity index (χ4v) is 2.63. The van der Waals surface area contributed by atoms with Gasteiger partial charge >= 0.3 is 0 Å². The Morgan fingerprint density at radius 3 is 2.75 bits per heavy atom. The quantitative estimate of drug-likeness (QED) is 0.774. The molecule has 0 unspecified atom stereocenters. The van der Waals surface area contributed by atoms with Crippen molar-refractivity contribution in [3.8, 4) is 5.75 Å². The highest BCUT2D eigenvalue weighted by Crippen LogP contribution is 2.16.